The standard InChI is InChI=1S/C58H83F2N/c1-14-17-19-21-23-25-36-58(37-26-24-22-20-18-15-2)49-38-45(32-34-47(49)48-35-33-46(39-50(48)58)57(11,12)13)40(4)29-31-44(27-16-3)52-54(60)53(59)51(43(7)55(52)61)41(5)28-30-42(6)56(8,9)10/h28-35,38-39H,14-27,36-37,61H2,1-13H3/b40-29+,41-28+,42-30+,44-31+. The summed E-state index contributed by atoms with van der Waals surface area (Å²) in [7, 11) is 0. The zero-order valence-corrected chi connectivity index (χ0v) is 40.9. The smallest absolute Gasteiger partial charge is 0.169 e. The molecule has 3 heteroatoms. The van der Waals surface area contributed by atoms with Crippen LogP contribution in [-0.4, -0.2) is 0 Å². The molecule has 1 nitrogen and oxygen atoms in total. The van der Waals surface area contributed by atoms with E-state index >= 15 is 8.78 Å². The molecule has 0 saturated carbocycles. The average Bonchev–Trinajstić information content (AvgIpc) is 3.48. The van der Waals surface area contributed by atoms with Crippen molar-refractivity contribution in [1.82, 2.24) is 0 Å². The molecule has 0 radical (unpaired) electrons. The van der Waals surface area contributed by atoms with Crippen molar-refractivity contribution in [2.45, 2.75) is 204 Å². The zero-order valence-electron chi connectivity index (χ0n) is 40.9. The third-order valence-electron chi connectivity index (χ3n) is 13.8. The number of unbranched alkanes of at least 4 members (excludes halogenated alkanes) is 10. The number of hydrogen-bond donors (Lipinski definition) is 1. The summed E-state index contributed by atoms with van der Waals surface area (Å²) in [5.41, 5.74) is 20.1. The summed E-state index contributed by atoms with van der Waals surface area (Å²) in [5.74, 6) is -1.70. The molecular weight excluding hydrogens is 749 g/mol. The van der Waals surface area contributed by atoms with Crippen molar-refractivity contribution in [2.75, 3.05) is 5.73 Å². The normalized spacial score (nSPS) is 14.8. The van der Waals surface area contributed by atoms with Gasteiger partial charge < -0.3 is 5.73 Å². The molecular formula is C58H83F2N. The molecule has 2 N–H and O–H groups in total. The fourth-order valence-electron chi connectivity index (χ4n) is 9.36. The number of hydrogen-bond acceptors (Lipinski definition) is 1. The first-order valence-electron chi connectivity index (χ1n) is 24.1. The summed E-state index contributed by atoms with van der Waals surface area (Å²) in [6.45, 7) is 28.0. The van der Waals surface area contributed by atoms with Gasteiger partial charge in [-0.3, -0.25) is 0 Å². The van der Waals surface area contributed by atoms with Crippen LogP contribution in [0.5, 0.6) is 0 Å². The average molecular weight is 832 g/mol. The Hall–Kier alpha value is -3.72. The number of anilines is 1. The van der Waals surface area contributed by atoms with Crippen LogP contribution in [0.4, 0.5) is 14.5 Å². The van der Waals surface area contributed by atoms with Crippen LogP contribution in [0.1, 0.15) is 225 Å². The Morgan fingerprint density at radius 3 is 1.66 bits per heavy atom. The molecule has 3 aromatic carbocycles. The number of rotatable bonds is 21. The second kappa shape index (κ2) is 22.1. The van der Waals surface area contributed by atoms with Gasteiger partial charge in [-0.2, -0.15) is 0 Å². The molecule has 1 aliphatic carbocycles. The van der Waals surface area contributed by atoms with Gasteiger partial charge in [-0.15, -0.1) is 0 Å². The number of allylic oxidation sites excluding steroid dienone is 8. The first-order valence-corrected chi connectivity index (χ1v) is 24.1. The first kappa shape index (κ1) is 49.9. The van der Waals surface area contributed by atoms with Crippen LogP contribution < -0.4 is 5.73 Å². The van der Waals surface area contributed by atoms with Gasteiger partial charge in [0.25, 0.3) is 0 Å². The van der Waals surface area contributed by atoms with Crippen LogP contribution >= 0.6 is 0 Å². The van der Waals surface area contributed by atoms with E-state index in [0.717, 1.165) is 36.0 Å². The minimum absolute atomic E-state index is 0.0187. The molecule has 0 spiro atoms. The molecule has 61 heavy (non-hydrogen) atoms. The molecule has 334 valence electrons. The van der Waals surface area contributed by atoms with Gasteiger partial charge in [-0.25, -0.2) is 8.78 Å². The lowest BCUT2D eigenvalue weighted by atomic mass is 9.69. The van der Waals surface area contributed by atoms with Crippen LogP contribution in [0.2, 0.25) is 0 Å². The van der Waals surface area contributed by atoms with E-state index in [1.54, 1.807) is 0 Å². The number of fused-ring (bicyclic) bond motifs is 3. The topological polar surface area (TPSA) is 26.0 Å². The van der Waals surface area contributed by atoms with Crippen LogP contribution in [0, 0.1) is 24.0 Å². The molecule has 0 atom stereocenters. The molecule has 0 unspecified atom stereocenters. The molecule has 0 saturated heterocycles. The SMILES string of the molecule is CCCCCCCCC1(CCCCCCCC)c2cc(/C(C)=C/C=C(\CCC)c3c(N)c(C)c(/C(C)=C/C=C(\C)C(C)(C)C)c(F)c3F)ccc2-c2ccc(C(C)(C)C)cc21. The second-order valence-corrected chi connectivity index (χ2v) is 20.5. The Morgan fingerprint density at radius 1 is 0.607 bits per heavy atom. The number of halogens is 2. The van der Waals surface area contributed by atoms with Crippen molar-refractivity contribution in [2.24, 2.45) is 5.41 Å². The van der Waals surface area contributed by atoms with Crippen molar-refractivity contribution in [3.05, 3.63) is 117 Å². The minimum Gasteiger partial charge on any atom is -0.398 e. The molecule has 0 bridgehead atoms. The summed E-state index contributed by atoms with van der Waals surface area (Å²) in [5, 5.41) is 0. The monoisotopic (exact) mass is 832 g/mol. The largest absolute Gasteiger partial charge is 0.398 e. The maximum Gasteiger partial charge on any atom is 0.169 e. The van der Waals surface area contributed by atoms with Crippen LogP contribution in [0.3, 0.4) is 0 Å². The van der Waals surface area contributed by atoms with E-state index in [1.807, 2.05) is 32.1 Å². The molecule has 0 heterocycles. The maximum atomic E-state index is 16.4. The highest BCUT2D eigenvalue weighted by molar-refractivity contribution is 5.86. The highest BCUT2D eigenvalue weighted by Crippen LogP contribution is 2.55. The highest BCUT2D eigenvalue weighted by Gasteiger charge is 2.43. The third kappa shape index (κ3) is 12.1. The van der Waals surface area contributed by atoms with E-state index in [-0.39, 0.29) is 27.4 Å². The third-order valence-corrected chi connectivity index (χ3v) is 13.8. The maximum absolute atomic E-state index is 16.4. The van der Waals surface area contributed by atoms with E-state index in [0.29, 0.717) is 23.2 Å². The fourth-order valence-corrected chi connectivity index (χ4v) is 9.36. The lowest BCUT2D eigenvalue weighted by Gasteiger charge is -2.34. The molecule has 0 amide bonds. The van der Waals surface area contributed by atoms with Crippen molar-refractivity contribution >= 4 is 22.4 Å². The van der Waals surface area contributed by atoms with Crippen LogP contribution in [0.15, 0.2) is 66.3 Å². The molecule has 4 rings (SSSR count). The fraction of sp³-hybridized carbons (Fsp3) is 0.552. The van der Waals surface area contributed by atoms with Gasteiger partial charge in [0, 0.05) is 22.2 Å². The van der Waals surface area contributed by atoms with Crippen molar-refractivity contribution < 1.29 is 8.78 Å². The predicted octanol–water partition coefficient (Wildman–Crippen LogP) is 18.6. The highest BCUT2D eigenvalue weighted by atomic mass is 19.2. The number of nitrogen functional groups attached to an aromatic ring is 1. The van der Waals surface area contributed by atoms with Gasteiger partial charge in [0.05, 0.1) is 0 Å². The molecule has 0 fully saturated rings. The molecule has 0 aliphatic heterocycles. The van der Waals surface area contributed by atoms with Crippen molar-refractivity contribution in [3.63, 3.8) is 0 Å². The van der Waals surface area contributed by atoms with E-state index in [4.69, 9.17) is 5.73 Å². The van der Waals surface area contributed by atoms with E-state index < -0.39 is 11.6 Å². The van der Waals surface area contributed by atoms with Gasteiger partial charge in [0.1, 0.15) is 0 Å². The first-order chi connectivity index (χ1) is 28.8. The van der Waals surface area contributed by atoms with Gasteiger partial charge in [-0.05, 0) is 120 Å². The summed E-state index contributed by atoms with van der Waals surface area (Å²) < 4.78 is 32.5. The second-order valence-electron chi connectivity index (χ2n) is 20.5. The van der Waals surface area contributed by atoms with Gasteiger partial charge in [0.15, 0.2) is 11.6 Å². The quantitative estimate of drug-likeness (QED) is 0.0646. The van der Waals surface area contributed by atoms with Gasteiger partial charge in [-0.1, -0.05) is 206 Å². The van der Waals surface area contributed by atoms with Crippen molar-refractivity contribution in [1.29, 1.82) is 0 Å². The van der Waals surface area contributed by atoms with Crippen LogP contribution in [-0.2, 0) is 10.8 Å². The Kier molecular flexibility index (Phi) is 18.1. The Balaban J connectivity index is 1.82. The van der Waals surface area contributed by atoms with Gasteiger partial charge in [0.2, 0.25) is 0 Å². The predicted molar refractivity (Wildman–Crippen MR) is 266 cm³/mol. The minimum atomic E-state index is -0.868. The van der Waals surface area contributed by atoms with Crippen LogP contribution in [0.25, 0.3) is 27.8 Å². The Labute approximate surface area is 372 Å². The Bertz CT molecular complexity index is 2030. The van der Waals surface area contributed by atoms with Crippen molar-refractivity contribution in [3.8, 4) is 11.1 Å². The number of benzene rings is 3. The van der Waals surface area contributed by atoms with Gasteiger partial charge >= 0.3 is 0 Å². The lowest BCUT2D eigenvalue weighted by Crippen LogP contribution is -2.26. The summed E-state index contributed by atoms with van der Waals surface area (Å²) in [6, 6.07) is 14.5. The molecule has 3 aromatic rings. The molecule has 1 aliphatic rings. The van der Waals surface area contributed by atoms with E-state index in [9.17, 15) is 0 Å². The lowest BCUT2D eigenvalue weighted by molar-refractivity contribution is 0.397. The summed E-state index contributed by atoms with van der Waals surface area (Å²) >= 11 is 0. The summed E-state index contributed by atoms with van der Waals surface area (Å²) in [6.07, 6.45) is 27.1. The zero-order chi connectivity index (χ0) is 45.1. The molecule has 0 aromatic heterocycles. The Morgan fingerprint density at radius 2 is 1.11 bits per heavy atom. The van der Waals surface area contributed by atoms with E-state index in [1.165, 1.54) is 110 Å². The number of nitrogens with two attached hydrogens (primary N) is 1. The van der Waals surface area contributed by atoms with E-state index in [2.05, 4.69) is 119 Å². The summed E-state index contributed by atoms with van der Waals surface area (Å²) in [4.78, 5) is 0.